The first-order valence-electron chi connectivity index (χ1n) is 6.45. The van der Waals surface area contributed by atoms with Crippen LogP contribution < -0.4 is 0 Å². The Kier molecular flexibility index (Phi) is 4.53. The van der Waals surface area contributed by atoms with E-state index in [1.807, 2.05) is 12.3 Å². The molecule has 0 atom stereocenters. The highest BCUT2D eigenvalue weighted by atomic mass is 15.5. The minimum atomic E-state index is 1.02. The molecule has 0 bridgehead atoms. The summed E-state index contributed by atoms with van der Waals surface area (Å²) in [5.74, 6) is 0. The van der Waals surface area contributed by atoms with Gasteiger partial charge in [-0.05, 0) is 25.1 Å². The molecule has 0 unspecified atom stereocenters. The zero-order valence-electron chi connectivity index (χ0n) is 11.2. The maximum absolute atomic E-state index is 4.53. The van der Waals surface area contributed by atoms with Gasteiger partial charge in [-0.3, -0.25) is 5.01 Å². The molecule has 1 fully saturated rings. The Morgan fingerprint density at radius 1 is 1.11 bits per heavy atom. The first kappa shape index (κ1) is 12.8. The maximum Gasteiger partial charge on any atom is 0.0499 e. The Morgan fingerprint density at radius 2 is 1.78 bits per heavy atom. The van der Waals surface area contributed by atoms with E-state index in [9.17, 15) is 0 Å². The third-order valence-corrected chi connectivity index (χ3v) is 3.10. The van der Waals surface area contributed by atoms with E-state index < -0.39 is 0 Å². The number of likely N-dealkylation sites (N-methyl/N-ethyl adjacent to an activating group) is 1. The van der Waals surface area contributed by atoms with Crippen molar-refractivity contribution in [2.24, 2.45) is 5.10 Å². The van der Waals surface area contributed by atoms with Crippen LogP contribution in [0.2, 0.25) is 0 Å². The van der Waals surface area contributed by atoms with Crippen LogP contribution in [0.1, 0.15) is 12.5 Å². The second-order valence-electron chi connectivity index (χ2n) is 4.80. The van der Waals surface area contributed by atoms with Gasteiger partial charge in [-0.2, -0.15) is 5.10 Å². The van der Waals surface area contributed by atoms with Crippen molar-refractivity contribution in [1.82, 2.24) is 9.91 Å². The highest BCUT2D eigenvalue weighted by Gasteiger charge is 2.10. The number of hydrazone groups is 1. The first-order chi connectivity index (χ1) is 8.74. The summed E-state index contributed by atoms with van der Waals surface area (Å²) in [5.41, 5.74) is 2.40. The largest absolute Gasteiger partial charge is 0.303 e. The van der Waals surface area contributed by atoms with E-state index in [-0.39, 0.29) is 0 Å². The summed E-state index contributed by atoms with van der Waals surface area (Å²) in [5, 5.41) is 6.67. The molecule has 0 amide bonds. The van der Waals surface area contributed by atoms with Gasteiger partial charge in [0.05, 0.1) is 0 Å². The lowest BCUT2D eigenvalue weighted by Gasteiger charge is -2.30. The normalized spacial score (nSPS) is 18.6. The van der Waals surface area contributed by atoms with Crippen LogP contribution in [0.15, 0.2) is 41.0 Å². The molecule has 1 aromatic carbocycles. The first-order valence-corrected chi connectivity index (χ1v) is 6.45. The van der Waals surface area contributed by atoms with E-state index in [2.05, 4.69) is 59.3 Å². The third kappa shape index (κ3) is 4.00. The van der Waals surface area contributed by atoms with Gasteiger partial charge in [0.1, 0.15) is 0 Å². The second-order valence-corrected chi connectivity index (χ2v) is 4.80. The predicted octanol–water partition coefficient (Wildman–Crippen LogP) is 2.32. The lowest BCUT2D eigenvalue weighted by molar-refractivity contribution is 0.159. The smallest absolute Gasteiger partial charge is 0.0499 e. The molecule has 1 heterocycles. The van der Waals surface area contributed by atoms with Gasteiger partial charge in [-0.25, -0.2) is 0 Å². The lowest BCUT2D eigenvalue weighted by atomic mass is 10.1. The summed E-state index contributed by atoms with van der Waals surface area (Å²) in [6.45, 7) is 6.32. The maximum atomic E-state index is 4.53. The fourth-order valence-electron chi connectivity index (χ4n) is 1.93. The SMILES string of the molecule is CC(/C=N\N1CCN(C)CC1)=C/c1ccccc1. The van der Waals surface area contributed by atoms with Crippen molar-refractivity contribution in [2.75, 3.05) is 33.2 Å². The van der Waals surface area contributed by atoms with Crippen LogP contribution in [-0.2, 0) is 0 Å². The highest BCUT2D eigenvalue weighted by Crippen LogP contribution is 2.05. The van der Waals surface area contributed by atoms with Crippen LogP contribution in [-0.4, -0.2) is 49.4 Å². The number of benzene rings is 1. The Balaban J connectivity index is 1.91. The van der Waals surface area contributed by atoms with Gasteiger partial charge in [0.2, 0.25) is 0 Å². The minimum absolute atomic E-state index is 1.02. The molecule has 1 saturated heterocycles. The average Bonchev–Trinajstić information content (AvgIpc) is 2.39. The third-order valence-electron chi connectivity index (χ3n) is 3.10. The van der Waals surface area contributed by atoms with Gasteiger partial charge in [-0.15, -0.1) is 0 Å². The molecule has 3 nitrogen and oxygen atoms in total. The molecular weight excluding hydrogens is 222 g/mol. The Bertz CT molecular complexity index is 415. The second kappa shape index (κ2) is 6.36. The van der Waals surface area contributed by atoms with Gasteiger partial charge < -0.3 is 4.90 Å². The Labute approximate surface area is 109 Å². The van der Waals surface area contributed by atoms with Crippen molar-refractivity contribution in [3.8, 4) is 0 Å². The Morgan fingerprint density at radius 3 is 2.44 bits per heavy atom. The van der Waals surface area contributed by atoms with E-state index in [0.29, 0.717) is 0 Å². The fraction of sp³-hybridized carbons (Fsp3) is 0.400. The molecule has 1 aliphatic heterocycles. The molecule has 0 spiro atoms. The minimum Gasteiger partial charge on any atom is -0.303 e. The molecule has 0 radical (unpaired) electrons. The standard InChI is InChI=1S/C15H21N3/c1-14(12-15-6-4-3-5-7-15)13-16-18-10-8-17(2)9-11-18/h3-7,12-13H,8-11H2,1-2H3/b14-12-,16-13-. The van der Waals surface area contributed by atoms with Crippen molar-refractivity contribution in [3.05, 3.63) is 41.5 Å². The van der Waals surface area contributed by atoms with Crippen LogP contribution in [0.25, 0.3) is 6.08 Å². The summed E-state index contributed by atoms with van der Waals surface area (Å²) in [7, 11) is 2.15. The quantitative estimate of drug-likeness (QED) is 0.759. The monoisotopic (exact) mass is 243 g/mol. The molecule has 1 aromatic rings. The summed E-state index contributed by atoms with van der Waals surface area (Å²) in [6, 6.07) is 10.3. The molecule has 96 valence electrons. The van der Waals surface area contributed by atoms with Crippen LogP contribution in [0.4, 0.5) is 0 Å². The lowest BCUT2D eigenvalue weighted by Crippen LogP contribution is -2.41. The van der Waals surface area contributed by atoms with Crippen LogP contribution >= 0.6 is 0 Å². The molecular formula is C15H21N3. The summed E-state index contributed by atoms with van der Waals surface area (Å²) in [6.07, 6.45) is 4.11. The molecule has 2 rings (SSSR count). The average molecular weight is 243 g/mol. The van der Waals surface area contributed by atoms with Gasteiger partial charge in [0, 0.05) is 32.4 Å². The van der Waals surface area contributed by atoms with Crippen molar-refractivity contribution in [3.63, 3.8) is 0 Å². The molecule has 0 aromatic heterocycles. The number of hydrogen-bond donors (Lipinski definition) is 0. The van der Waals surface area contributed by atoms with Gasteiger partial charge in [0.25, 0.3) is 0 Å². The Hall–Kier alpha value is -1.61. The van der Waals surface area contributed by atoms with E-state index >= 15 is 0 Å². The topological polar surface area (TPSA) is 18.8 Å². The molecule has 0 saturated carbocycles. The molecule has 0 N–H and O–H groups in total. The number of piperazine rings is 1. The fourth-order valence-corrected chi connectivity index (χ4v) is 1.93. The molecule has 0 aliphatic carbocycles. The predicted molar refractivity (Wildman–Crippen MR) is 77.7 cm³/mol. The van der Waals surface area contributed by atoms with Crippen molar-refractivity contribution in [2.45, 2.75) is 6.92 Å². The number of allylic oxidation sites excluding steroid dienone is 1. The zero-order valence-corrected chi connectivity index (χ0v) is 11.2. The highest BCUT2D eigenvalue weighted by molar-refractivity contribution is 5.84. The van der Waals surface area contributed by atoms with Crippen LogP contribution in [0.3, 0.4) is 0 Å². The zero-order chi connectivity index (χ0) is 12.8. The van der Waals surface area contributed by atoms with Crippen molar-refractivity contribution in [1.29, 1.82) is 0 Å². The summed E-state index contributed by atoms with van der Waals surface area (Å²) in [4.78, 5) is 2.33. The van der Waals surface area contributed by atoms with E-state index in [4.69, 9.17) is 0 Å². The van der Waals surface area contributed by atoms with Gasteiger partial charge in [0.15, 0.2) is 0 Å². The number of nitrogens with zero attached hydrogens (tertiary/aromatic N) is 3. The summed E-state index contributed by atoms with van der Waals surface area (Å²) < 4.78 is 0. The van der Waals surface area contributed by atoms with E-state index in [0.717, 1.165) is 26.2 Å². The van der Waals surface area contributed by atoms with Gasteiger partial charge in [-0.1, -0.05) is 36.4 Å². The number of rotatable bonds is 3. The van der Waals surface area contributed by atoms with E-state index in [1.54, 1.807) is 0 Å². The summed E-state index contributed by atoms with van der Waals surface area (Å²) >= 11 is 0. The van der Waals surface area contributed by atoms with E-state index in [1.165, 1.54) is 11.1 Å². The van der Waals surface area contributed by atoms with Crippen molar-refractivity contribution >= 4 is 12.3 Å². The number of hydrogen-bond acceptors (Lipinski definition) is 3. The van der Waals surface area contributed by atoms with Gasteiger partial charge >= 0.3 is 0 Å². The molecule has 18 heavy (non-hydrogen) atoms. The molecule has 1 aliphatic rings. The van der Waals surface area contributed by atoms with Crippen LogP contribution in [0.5, 0.6) is 0 Å². The molecule has 3 heteroatoms. The van der Waals surface area contributed by atoms with Crippen molar-refractivity contribution < 1.29 is 0 Å². The van der Waals surface area contributed by atoms with Crippen LogP contribution in [0, 0.1) is 0 Å².